The summed E-state index contributed by atoms with van der Waals surface area (Å²) >= 11 is 0. The molecule has 1 amide bonds. The Morgan fingerprint density at radius 2 is 1.08 bits per heavy atom. The molecule has 0 fully saturated rings. The van der Waals surface area contributed by atoms with Crippen LogP contribution in [0.3, 0.4) is 0 Å². The Morgan fingerprint density at radius 3 is 1.52 bits per heavy atom. The lowest BCUT2D eigenvalue weighted by Gasteiger charge is -2.26. The second-order valence-corrected chi connectivity index (χ2v) is 17.2. The van der Waals surface area contributed by atoms with E-state index in [-0.39, 0.29) is 19.1 Å². The van der Waals surface area contributed by atoms with Crippen molar-refractivity contribution in [3.8, 4) is 0 Å². The summed E-state index contributed by atoms with van der Waals surface area (Å²) in [5, 5.41) is 13.8. The van der Waals surface area contributed by atoms with E-state index in [9.17, 15) is 19.4 Å². The van der Waals surface area contributed by atoms with Gasteiger partial charge in [0.25, 0.3) is 0 Å². The Bertz CT molecular complexity index is 834. The largest absolute Gasteiger partial charge is 0.472 e. The van der Waals surface area contributed by atoms with E-state index in [1.165, 1.54) is 135 Å². The number of quaternary nitrogens is 1. The number of nitrogens with zero attached hydrogens (tertiary/aromatic N) is 1. The molecule has 0 rings (SSSR count). The van der Waals surface area contributed by atoms with Crippen LogP contribution in [0.2, 0.25) is 0 Å². The molecular weight excluding hydrogens is 647 g/mol. The zero-order valence-electron chi connectivity index (χ0n) is 33.7. The number of aliphatic hydroxyl groups is 1. The second-order valence-electron chi connectivity index (χ2n) is 15.7. The number of carbonyl (C=O) groups is 1. The SMILES string of the molecule is CCCCCCCCCCCCC=CC[C@@H](O)[C@H](COP(=O)(O)OCC[N+](C)(C)C)NC(=O)CCCCCCCCCCCCCCCCC. The molecule has 50 heavy (non-hydrogen) atoms. The fraction of sp³-hybridized carbons (Fsp3) is 0.927. The van der Waals surface area contributed by atoms with Crippen LogP contribution in [0.25, 0.3) is 0 Å². The Labute approximate surface area is 310 Å². The smallest absolute Gasteiger partial charge is 0.391 e. The van der Waals surface area contributed by atoms with Gasteiger partial charge >= 0.3 is 7.82 Å². The number of rotatable bonds is 38. The van der Waals surface area contributed by atoms with Crippen molar-refractivity contribution in [1.29, 1.82) is 0 Å². The van der Waals surface area contributed by atoms with Gasteiger partial charge in [0.2, 0.25) is 5.91 Å². The van der Waals surface area contributed by atoms with Crippen LogP contribution >= 0.6 is 7.82 Å². The van der Waals surface area contributed by atoms with E-state index in [1.807, 2.05) is 27.2 Å². The fourth-order valence-electron chi connectivity index (χ4n) is 6.09. The summed E-state index contributed by atoms with van der Waals surface area (Å²) in [6.07, 6.45) is 36.8. The van der Waals surface area contributed by atoms with Gasteiger partial charge < -0.3 is 19.8 Å². The van der Waals surface area contributed by atoms with Crippen molar-refractivity contribution in [2.75, 3.05) is 40.9 Å². The molecule has 0 saturated carbocycles. The molecule has 0 aromatic carbocycles. The number of phosphoric acid groups is 1. The van der Waals surface area contributed by atoms with Crippen LogP contribution in [-0.4, -0.2) is 73.4 Å². The zero-order valence-corrected chi connectivity index (χ0v) is 34.5. The second kappa shape index (κ2) is 34.0. The van der Waals surface area contributed by atoms with E-state index >= 15 is 0 Å². The maximum Gasteiger partial charge on any atom is 0.472 e. The maximum absolute atomic E-state index is 12.8. The van der Waals surface area contributed by atoms with Crippen LogP contribution in [0.15, 0.2) is 12.2 Å². The molecule has 3 atom stereocenters. The van der Waals surface area contributed by atoms with E-state index in [1.54, 1.807) is 0 Å². The van der Waals surface area contributed by atoms with Gasteiger partial charge in [0, 0.05) is 6.42 Å². The molecular formula is C41H84N2O6P+. The lowest BCUT2D eigenvalue weighted by atomic mass is 10.0. The summed E-state index contributed by atoms with van der Waals surface area (Å²) in [6, 6.07) is -0.803. The first-order chi connectivity index (χ1) is 24.0. The highest BCUT2D eigenvalue weighted by Gasteiger charge is 2.28. The van der Waals surface area contributed by atoms with E-state index in [4.69, 9.17) is 9.05 Å². The van der Waals surface area contributed by atoms with Gasteiger partial charge in [-0.15, -0.1) is 0 Å². The van der Waals surface area contributed by atoms with Crippen LogP contribution in [0, 0.1) is 0 Å². The Kier molecular flexibility index (Phi) is 33.5. The third kappa shape index (κ3) is 35.6. The molecule has 0 aromatic rings. The number of hydrogen-bond donors (Lipinski definition) is 3. The summed E-state index contributed by atoms with van der Waals surface area (Å²) in [5.41, 5.74) is 0. The molecule has 0 spiro atoms. The molecule has 0 radical (unpaired) electrons. The van der Waals surface area contributed by atoms with E-state index < -0.39 is 20.0 Å². The highest BCUT2D eigenvalue weighted by molar-refractivity contribution is 7.47. The Morgan fingerprint density at radius 1 is 0.660 bits per heavy atom. The average Bonchev–Trinajstić information content (AvgIpc) is 3.06. The first kappa shape index (κ1) is 49.2. The average molecular weight is 732 g/mol. The lowest BCUT2D eigenvalue weighted by Crippen LogP contribution is -2.46. The number of carbonyl (C=O) groups excluding carboxylic acids is 1. The van der Waals surface area contributed by atoms with E-state index in [0.717, 1.165) is 32.1 Å². The number of hydrogen-bond acceptors (Lipinski definition) is 5. The van der Waals surface area contributed by atoms with Gasteiger partial charge in [0.05, 0.1) is 39.9 Å². The van der Waals surface area contributed by atoms with Crippen LogP contribution in [0.4, 0.5) is 0 Å². The minimum atomic E-state index is -4.32. The Balaban J connectivity index is 4.44. The molecule has 0 aliphatic carbocycles. The summed E-state index contributed by atoms with van der Waals surface area (Å²) in [7, 11) is 1.59. The molecule has 0 aliphatic rings. The lowest BCUT2D eigenvalue weighted by molar-refractivity contribution is -0.870. The summed E-state index contributed by atoms with van der Waals surface area (Å²) in [5.74, 6) is -0.166. The number of unbranched alkanes of at least 4 members (excludes halogenated alkanes) is 24. The van der Waals surface area contributed by atoms with Crippen molar-refractivity contribution in [2.45, 2.75) is 206 Å². The quantitative estimate of drug-likeness (QED) is 0.0253. The third-order valence-electron chi connectivity index (χ3n) is 9.52. The molecule has 0 saturated heterocycles. The number of allylic oxidation sites excluding steroid dienone is 1. The standard InChI is InChI=1S/C41H83N2O6P/c1-6-8-10-12-14-16-18-20-21-23-25-27-29-31-33-35-41(45)42-39(38-49-50(46,47)48-37-36-43(3,4)5)40(44)34-32-30-28-26-24-22-19-17-15-13-11-9-7-2/h30,32,39-40,44H,6-29,31,33-38H2,1-5H3,(H-,42,45,46,47)/p+1/t39-,40+/m0/s1. The van der Waals surface area contributed by atoms with Crippen molar-refractivity contribution in [3.63, 3.8) is 0 Å². The van der Waals surface area contributed by atoms with Crippen molar-refractivity contribution in [3.05, 3.63) is 12.2 Å². The van der Waals surface area contributed by atoms with Crippen molar-refractivity contribution < 1.29 is 32.9 Å². The normalized spacial score (nSPS) is 14.6. The molecule has 0 aromatic heterocycles. The predicted octanol–water partition coefficient (Wildman–Crippen LogP) is 11.2. The molecule has 8 nitrogen and oxygen atoms in total. The number of likely N-dealkylation sites (N-methyl/N-ethyl adjacent to an activating group) is 1. The fourth-order valence-corrected chi connectivity index (χ4v) is 6.83. The molecule has 1 unspecified atom stereocenters. The highest BCUT2D eigenvalue weighted by Crippen LogP contribution is 2.43. The molecule has 9 heteroatoms. The highest BCUT2D eigenvalue weighted by atomic mass is 31.2. The monoisotopic (exact) mass is 732 g/mol. The predicted molar refractivity (Wildman–Crippen MR) is 212 cm³/mol. The van der Waals surface area contributed by atoms with Gasteiger partial charge in [-0.3, -0.25) is 13.8 Å². The van der Waals surface area contributed by atoms with Gasteiger partial charge in [-0.05, 0) is 25.7 Å². The minimum absolute atomic E-state index is 0.0672. The summed E-state index contributed by atoms with van der Waals surface area (Å²) in [6.45, 7) is 4.83. The molecule has 298 valence electrons. The van der Waals surface area contributed by atoms with Crippen molar-refractivity contribution >= 4 is 13.7 Å². The Hall–Kier alpha value is -0.760. The summed E-state index contributed by atoms with van der Waals surface area (Å²) < 4.78 is 23.5. The minimum Gasteiger partial charge on any atom is -0.391 e. The van der Waals surface area contributed by atoms with Crippen LogP contribution in [0.1, 0.15) is 194 Å². The van der Waals surface area contributed by atoms with Crippen LogP contribution < -0.4 is 5.32 Å². The first-order valence-electron chi connectivity index (χ1n) is 21.1. The number of nitrogens with one attached hydrogen (secondary N) is 1. The van der Waals surface area contributed by atoms with Gasteiger partial charge in [-0.2, -0.15) is 0 Å². The van der Waals surface area contributed by atoms with Crippen LogP contribution in [-0.2, 0) is 18.4 Å². The molecule has 3 N–H and O–H groups in total. The first-order valence-corrected chi connectivity index (χ1v) is 22.5. The summed E-state index contributed by atoms with van der Waals surface area (Å²) in [4.78, 5) is 23.0. The molecule has 0 heterocycles. The van der Waals surface area contributed by atoms with Crippen molar-refractivity contribution in [2.24, 2.45) is 0 Å². The van der Waals surface area contributed by atoms with Crippen molar-refractivity contribution in [1.82, 2.24) is 5.32 Å². The maximum atomic E-state index is 12.8. The van der Waals surface area contributed by atoms with Gasteiger partial charge in [0.1, 0.15) is 13.2 Å². The van der Waals surface area contributed by atoms with E-state index in [2.05, 4.69) is 25.2 Å². The topological polar surface area (TPSA) is 105 Å². The number of aliphatic hydroxyl groups excluding tert-OH is 1. The van der Waals surface area contributed by atoms with Gasteiger partial charge in [-0.1, -0.05) is 174 Å². The van der Waals surface area contributed by atoms with Gasteiger partial charge in [-0.25, -0.2) is 4.57 Å². The van der Waals surface area contributed by atoms with Gasteiger partial charge in [0.15, 0.2) is 0 Å². The molecule has 0 bridgehead atoms. The number of amides is 1. The number of phosphoric ester groups is 1. The molecule has 0 aliphatic heterocycles. The third-order valence-corrected chi connectivity index (χ3v) is 10.5. The zero-order chi connectivity index (χ0) is 37.2. The van der Waals surface area contributed by atoms with Crippen LogP contribution in [0.5, 0.6) is 0 Å². The van der Waals surface area contributed by atoms with E-state index in [0.29, 0.717) is 23.9 Å².